The van der Waals surface area contributed by atoms with E-state index in [0.29, 0.717) is 18.9 Å². The summed E-state index contributed by atoms with van der Waals surface area (Å²) < 4.78 is 11.3. The molecule has 26 heavy (non-hydrogen) atoms. The maximum absolute atomic E-state index is 8.86. The smallest absolute Gasteiger partial charge is 0.221 e. The Morgan fingerprint density at radius 2 is 1.96 bits per heavy atom. The fourth-order valence-corrected chi connectivity index (χ4v) is 3.76. The molecule has 7 nitrogen and oxygen atoms in total. The van der Waals surface area contributed by atoms with Crippen molar-refractivity contribution in [1.82, 2.24) is 9.97 Å². The molecule has 0 amide bonds. The van der Waals surface area contributed by atoms with Crippen LogP contribution < -0.4 is 5.73 Å². The number of rotatable bonds is 5. The summed E-state index contributed by atoms with van der Waals surface area (Å²) in [6, 6.07) is 9.64. The zero-order valence-corrected chi connectivity index (χ0v) is 15.6. The van der Waals surface area contributed by atoms with Gasteiger partial charge in [-0.2, -0.15) is 0 Å². The van der Waals surface area contributed by atoms with Crippen LogP contribution >= 0.6 is 11.8 Å². The highest BCUT2D eigenvalue weighted by Gasteiger charge is 2.36. The molecule has 1 aromatic carbocycles. The zero-order valence-electron chi connectivity index (χ0n) is 14.8. The van der Waals surface area contributed by atoms with Crippen LogP contribution in [0.1, 0.15) is 31.0 Å². The van der Waals surface area contributed by atoms with Crippen molar-refractivity contribution in [2.24, 2.45) is 5.16 Å². The molecular formula is C18H22N4O3S. The van der Waals surface area contributed by atoms with Crippen molar-refractivity contribution in [3.63, 3.8) is 0 Å². The van der Waals surface area contributed by atoms with Crippen molar-refractivity contribution in [2.45, 2.75) is 35.3 Å². The number of benzene rings is 1. The lowest BCUT2D eigenvalue weighted by Gasteiger charge is -2.35. The average Bonchev–Trinajstić information content (AvgIpc) is 2.68. The minimum Gasteiger partial charge on any atom is -0.411 e. The molecule has 1 fully saturated rings. The lowest BCUT2D eigenvalue weighted by Crippen LogP contribution is -2.36. The zero-order chi connectivity index (χ0) is 18.6. The number of hydrogen-bond donors (Lipinski definition) is 2. The minimum absolute atomic E-state index is 0.229. The van der Waals surface area contributed by atoms with Crippen molar-refractivity contribution in [2.75, 3.05) is 26.1 Å². The molecule has 0 unspecified atom stereocenters. The Morgan fingerprint density at radius 3 is 2.58 bits per heavy atom. The molecule has 1 aliphatic heterocycles. The summed E-state index contributed by atoms with van der Waals surface area (Å²) in [6.45, 7) is 3.01. The van der Waals surface area contributed by atoms with Crippen molar-refractivity contribution in [3.8, 4) is 0 Å². The van der Waals surface area contributed by atoms with Crippen LogP contribution in [0, 0.1) is 0 Å². The molecule has 3 N–H and O–H groups in total. The van der Waals surface area contributed by atoms with Gasteiger partial charge in [0.1, 0.15) is 10.6 Å². The molecule has 0 bridgehead atoms. The molecule has 8 heteroatoms. The van der Waals surface area contributed by atoms with Gasteiger partial charge in [0.05, 0.1) is 11.4 Å². The minimum atomic E-state index is -0.483. The van der Waals surface area contributed by atoms with E-state index in [0.717, 1.165) is 34.0 Å². The van der Waals surface area contributed by atoms with Gasteiger partial charge in [0.15, 0.2) is 0 Å². The molecule has 138 valence electrons. The molecule has 0 aliphatic carbocycles. The number of oxime groups is 1. The molecule has 2 heterocycles. The van der Waals surface area contributed by atoms with Crippen LogP contribution in [0.4, 0.5) is 5.95 Å². The topological polar surface area (TPSA) is 103 Å². The lowest BCUT2D eigenvalue weighted by atomic mass is 9.90. The summed E-state index contributed by atoms with van der Waals surface area (Å²) in [4.78, 5) is 9.76. The second kappa shape index (κ2) is 8.03. The number of nitrogens with zero attached hydrogens (tertiary/aromatic N) is 3. The van der Waals surface area contributed by atoms with Crippen molar-refractivity contribution >= 4 is 23.4 Å². The van der Waals surface area contributed by atoms with Crippen molar-refractivity contribution in [1.29, 1.82) is 0 Å². The number of nitrogens with two attached hydrogens (primary N) is 1. The van der Waals surface area contributed by atoms with Crippen molar-refractivity contribution in [3.05, 3.63) is 41.6 Å². The molecule has 1 aromatic heterocycles. The quantitative estimate of drug-likeness (QED) is 0.359. The number of ether oxygens (including phenoxy) is 2. The van der Waals surface area contributed by atoms with Crippen LogP contribution in [0.15, 0.2) is 45.4 Å². The fourth-order valence-electron chi connectivity index (χ4n) is 2.94. The van der Waals surface area contributed by atoms with Crippen LogP contribution in [0.5, 0.6) is 0 Å². The molecular weight excluding hydrogens is 352 g/mol. The van der Waals surface area contributed by atoms with E-state index in [1.165, 1.54) is 11.8 Å². The average molecular weight is 374 g/mol. The number of aromatic nitrogens is 2. The van der Waals surface area contributed by atoms with Crippen LogP contribution in [0.3, 0.4) is 0 Å². The van der Waals surface area contributed by atoms with Gasteiger partial charge in [-0.15, -0.1) is 0 Å². The number of anilines is 1. The van der Waals surface area contributed by atoms with Crippen LogP contribution in [0.2, 0.25) is 0 Å². The van der Waals surface area contributed by atoms with E-state index in [1.807, 2.05) is 30.3 Å². The lowest BCUT2D eigenvalue weighted by molar-refractivity contribution is -0.0974. The Kier molecular flexibility index (Phi) is 5.75. The van der Waals surface area contributed by atoms with E-state index in [2.05, 4.69) is 15.1 Å². The summed E-state index contributed by atoms with van der Waals surface area (Å²) in [6.07, 6.45) is 1.47. The van der Waals surface area contributed by atoms with E-state index in [-0.39, 0.29) is 5.95 Å². The normalized spacial score (nSPS) is 17.2. The highest BCUT2D eigenvalue weighted by Crippen LogP contribution is 2.37. The van der Waals surface area contributed by atoms with E-state index < -0.39 is 5.60 Å². The second-order valence-electron chi connectivity index (χ2n) is 6.07. The third-order valence-electron chi connectivity index (χ3n) is 4.52. The van der Waals surface area contributed by atoms with Crippen LogP contribution in [-0.2, 0) is 15.1 Å². The molecule has 0 atom stereocenters. The number of methoxy groups -OCH3 is 1. The fraction of sp³-hybridized carbons (Fsp3) is 0.389. The maximum Gasteiger partial charge on any atom is 0.221 e. The Balaban J connectivity index is 1.86. The first-order chi connectivity index (χ1) is 12.6. The first kappa shape index (κ1) is 18.6. The van der Waals surface area contributed by atoms with Gasteiger partial charge in [0.25, 0.3) is 0 Å². The molecule has 0 saturated carbocycles. The third kappa shape index (κ3) is 3.98. The Morgan fingerprint density at radius 1 is 1.27 bits per heavy atom. The van der Waals surface area contributed by atoms with E-state index >= 15 is 0 Å². The Labute approximate surface area is 156 Å². The number of hydrogen-bond acceptors (Lipinski definition) is 8. The first-order valence-electron chi connectivity index (χ1n) is 8.31. The highest BCUT2D eigenvalue weighted by atomic mass is 32.2. The van der Waals surface area contributed by atoms with Crippen LogP contribution in [0.25, 0.3) is 0 Å². The predicted octanol–water partition coefficient (Wildman–Crippen LogP) is 3.06. The van der Waals surface area contributed by atoms with E-state index in [9.17, 15) is 0 Å². The monoisotopic (exact) mass is 374 g/mol. The summed E-state index contributed by atoms with van der Waals surface area (Å²) >= 11 is 1.50. The molecule has 1 aliphatic rings. The highest BCUT2D eigenvalue weighted by molar-refractivity contribution is 7.99. The van der Waals surface area contributed by atoms with Gasteiger partial charge in [-0.05, 0) is 30.7 Å². The number of nitrogen functional groups attached to an aromatic ring is 1. The van der Waals surface area contributed by atoms with Gasteiger partial charge >= 0.3 is 0 Å². The SMILES string of the molecule is COC1(c2cc(Sc3ccc(C(C)=NO)cc3)nc(N)n2)CCOCC1. The first-order valence-corrected chi connectivity index (χ1v) is 9.13. The van der Waals surface area contributed by atoms with Crippen molar-refractivity contribution < 1.29 is 14.7 Å². The predicted molar refractivity (Wildman–Crippen MR) is 99.7 cm³/mol. The molecule has 1 saturated heterocycles. The van der Waals surface area contributed by atoms with Gasteiger partial charge in [-0.25, -0.2) is 9.97 Å². The maximum atomic E-state index is 8.86. The van der Waals surface area contributed by atoms with Gasteiger partial charge in [0, 0.05) is 38.1 Å². The van der Waals surface area contributed by atoms with E-state index in [1.54, 1.807) is 14.0 Å². The van der Waals surface area contributed by atoms with Gasteiger partial charge < -0.3 is 20.4 Å². The summed E-state index contributed by atoms with van der Waals surface area (Å²) in [5, 5.41) is 12.8. The molecule has 3 rings (SSSR count). The standard InChI is InChI=1S/C18H22N4O3S/c1-12(22-23)13-3-5-14(6-4-13)26-16-11-15(20-17(19)21-16)18(24-2)7-9-25-10-8-18/h3-6,11,23H,7-10H2,1-2H3,(H2,19,20,21). The molecule has 0 radical (unpaired) electrons. The summed E-state index contributed by atoms with van der Waals surface area (Å²) in [5.74, 6) is 0.229. The summed E-state index contributed by atoms with van der Waals surface area (Å²) in [5.41, 5.74) is 7.68. The van der Waals surface area contributed by atoms with E-state index in [4.69, 9.17) is 20.4 Å². The Bertz CT molecular complexity index is 790. The van der Waals surface area contributed by atoms with Crippen LogP contribution in [-0.4, -0.2) is 41.2 Å². The second-order valence-corrected chi connectivity index (χ2v) is 7.17. The van der Waals surface area contributed by atoms with Gasteiger partial charge in [-0.3, -0.25) is 0 Å². The third-order valence-corrected chi connectivity index (χ3v) is 5.45. The Hall–Kier alpha value is -2.16. The van der Waals surface area contributed by atoms with Gasteiger partial charge in [-0.1, -0.05) is 29.1 Å². The molecule has 2 aromatic rings. The largest absolute Gasteiger partial charge is 0.411 e. The van der Waals surface area contributed by atoms with Gasteiger partial charge in [0.2, 0.25) is 5.95 Å². The summed E-state index contributed by atoms with van der Waals surface area (Å²) in [7, 11) is 1.69. The molecule has 0 spiro atoms.